The summed E-state index contributed by atoms with van der Waals surface area (Å²) >= 11 is 5.89. The van der Waals surface area contributed by atoms with Crippen molar-refractivity contribution in [1.29, 1.82) is 0 Å². The van der Waals surface area contributed by atoms with Gasteiger partial charge in [-0.05, 0) is 67.5 Å². The quantitative estimate of drug-likeness (QED) is 0.661. The molecule has 0 aromatic heterocycles. The molecule has 1 N–H and O–H groups in total. The lowest BCUT2D eigenvalue weighted by Gasteiger charge is -2.33. The molecule has 0 spiro atoms. The second-order valence-electron chi connectivity index (χ2n) is 8.66. The van der Waals surface area contributed by atoms with Gasteiger partial charge in [-0.3, -0.25) is 9.59 Å². The van der Waals surface area contributed by atoms with Gasteiger partial charge in [-0.2, -0.15) is 0 Å². The molecule has 0 bridgehead atoms. The van der Waals surface area contributed by atoms with Crippen LogP contribution in [-0.2, 0) is 16.0 Å². The average molecular weight is 427 g/mol. The summed E-state index contributed by atoms with van der Waals surface area (Å²) in [5.74, 6) is 0.530. The van der Waals surface area contributed by atoms with E-state index < -0.39 is 0 Å². The number of rotatable bonds is 6. The van der Waals surface area contributed by atoms with E-state index in [9.17, 15) is 9.59 Å². The fraction of sp³-hybridized carbons (Fsp3) is 0.440. The molecular weight excluding hydrogens is 396 g/mol. The summed E-state index contributed by atoms with van der Waals surface area (Å²) in [5, 5.41) is 3.59. The third kappa shape index (κ3) is 5.85. The number of likely N-dealkylation sites (tertiary alicyclic amines) is 1. The average Bonchev–Trinajstić information content (AvgIpc) is 2.74. The normalized spacial score (nSPS) is 15.8. The Morgan fingerprint density at radius 2 is 1.60 bits per heavy atom. The number of amides is 2. The molecular formula is C25H31ClN2O2. The summed E-state index contributed by atoms with van der Waals surface area (Å²) in [6.45, 7) is 7.62. The van der Waals surface area contributed by atoms with Crippen molar-refractivity contribution in [2.45, 2.75) is 46.0 Å². The Morgan fingerprint density at radius 1 is 1.00 bits per heavy atom. The SMILES string of the molecule is CC(C)Cc1ccc(C(C)C(=O)N2CCC(C(=O)Nc3ccc(Cl)cc3)CC2)cc1. The van der Waals surface area contributed by atoms with Gasteiger partial charge in [0.05, 0.1) is 5.92 Å². The molecule has 2 amide bonds. The van der Waals surface area contributed by atoms with Crippen LogP contribution in [0.4, 0.5) is 5.69 Å². The summed E-state index contributed by atoms with van der Waals surface area (Å²) in [5.41, 5.74) is 3.11. The molecule has 1 saturated heterocycles. The predicted octanol–water partition coefficient (Wildman–Crippen LogP) is 5.52. The van der Waals surface area contributed by atoms with Crippen molar-refractivity contribution in [3.05, 3.63) is 64.7 Å². The minimum atomic E-state index is -0.169. The molecule has 3 rings (SSSR count). The first kappa shape index (κ1) is 22.4. The zero-order valence-electron chi connectivity index (χ0n) is 18.0. The van der Waals surface area contributed by atoms with E-state index in [1.807, 2.05) is 11.8 Å². The fourth-order valence-electron chi connectivity index (χ4n) is 3.97. The second-order valence-corrected chi connectivity index (χ2v) is 9.09. The highest BCUT2D eigenvalue weighted by molar-refractivity contribution is 6.30. The van der Waals surface area contributed by atoms with E-state index in [1.54, 1.807) is 24.3 Å². The number of anilines is 1. The van der Waals surface area contributed by atoms with Gasteiger partial charge in [0.1, 0.15) is 0 Å². The van der Waals surface area contributed by atoms with Crippen molar-refractivity contribution >= 4 is 29.1 Å². The molecule has 4 nitrogen and oxygen atoms in total. The number of nitrogens with zero attached hydrogens (tertiary/aromatic N) is 1. The molecule has 1 fully saturated rings. The van der Waals surface area contributed by atoms with E-state index in [-0.39, 0.29) is 23.7 Å². The topological polar surface area (TPSA) is 49.4 Å². The van der Waals surface area contributed by atoms with Crippen LogP contribution in [0.5, 0.6) is 0 Å². The van der Waals surface area contributed by atoms with Crippen LogP contribution in [0.2, 0.25) is 5.02 Å². The van der Waals surface area contributed by atoms with Crippen LogP contribution in [0, 0.1) is 11.8 Å². The van der Waals surface area contributed by atoms with Gasteiger partial charge in [0.25, 0.3) is 0 Å². The van der Waals surface area contributed by atoms with E-state index in [0.29, 0.717) is 36.9 Å². The maximum atomic E-state index is 13.0. The number of nitrogens with one attached hydrogen (secondary N) is 1. The van der Waals surface area contributed by atoms with Gasteiger partial charge in [0, 0.05) is 29.7 Å². The highest BCUT2D eigenvalue weighted by atomic mass is 35.5. The third-order valence-corrected chi connectivity index (χ3v) is 6.04. The number of hydrogen-bond acceptors (Lipinski definition) is 2. The highest BCUT2D eigenvalue weighted by Gasteiger charge is 2.29. The maximum Gasteiger partial charge on any atom is 0.229 e. The molecule has 0 saturated carbocycles. The molecule has 1 aliphatic rings. The minimum absolute atomic E-state index is 0.0122. The van der Waals surface area contributed by atoms with E-state index in [2.05, 4.69) is 43.4 Å². The van der Waals surface area contributed by atoms with E-state index in [0.717, 1.165) is 17.7 Å². The number of carbonyl (C=O) groups excluding carboxylic acids is 2. The predicted molar refractivity (Wildman–Crippen MR) is 123 cm³/mol. The van der Waals surface area contributed by atoms with Crippen LogP contribution in [0.15, 0.2) is 48.5 Å². The third-order valence-electron chi connectivity index (χ3n) is 5.78. The molecule has 2 aromatic rings. The summed E-state index contributed by atoms with van der Waals surface area (Å²) in [6, 6.07) is 15.5. The summed E-state index contributed by atoms with van der Waals surface area (Å²) < 4.78 is 0. The van der Waals surface area contributed by atoms with Crippen molar-refractivity contribution in [3.63, 3.8) is 0 Å². The van der Waals surface area contributed by atoms with Crippen molar-refractivity contribution in [3.8, 4) is 0 Å². The van der Waals surface area contributed by atoms with Gasteiger partial charge in [-0.25, -0.2) is 0 Å². The number of carbonyl (C=O) groups is 2. The minimum Gasteiger partial charge on any atom is -0.342 e. The highest BCUT2D eigenvalue weighted by Crippen LogP contribution is 2.25. The molecule has 1 unspecified atom stereocenters. The number of piperidine rings is 1. The maximum absolute atomic E-state index is 13.0. The standard InChI is InChI=1S/C25H31ClN2O2/c1-17(2)16-19-4-6-20(7-5-19)18(3)25(30)28-14-12-21(13-15-28)24(29)27-23-10-8-22(26)9-11-23/h4-11,17-18,21H,12-16H2,1-3H3,(H,27,29). The van der Waals surface area contributed by atoms with Gasteiger partial charge in [-0.15, -0.1) is 0 Å². The van der Waals surface area contributed by atoms with Crippen molar-refractivity contribution in [2.24, 2.45) is 11.8 Å². The summed E-state index contributed by atoms with van der Waals surface area (Å²) in [7, 11) is 0. The molecule has 1 atom stereocenters. The monoisotopic (exact) mass is 426 g/mol. The smallest absolute Gasteiger partial charge is 0.229 e. The lowest BCUT2D eigenvalue weighted by molar-refractivity contribution is -0.135. The van der Waals surface area contributed by atoms with Crippen LogP contribution in [0.3, 0.4) is 0 Å². The zero-order valence-corrected chi connectivity index (χ0v) is 18.8. The number of halogens is 1. The first-order valence-electron chi connectivity index (χ1n) is 10.8. The largest absolute Gasteiger partial charge is 0.342 e. The van der Waals surface area contributed by atoms with Crippen molar-refractivity contribution in [1.82, 2.24) is 4.90 Å². The Labute approximate surface area is 184 Å². The molecule has 1 aliphatic heterocycles. The van der Waals surface area contributed by atoms with Crippen LogP contribution in [0.1, 0.15) is 50.7 Å². The summed E-state index contributed by atoms with van der Waals surface area (Å²) in [6.07, 6.45) is 2.42. The Hall–Kier alpha value is -2.33. The van der Waals surface area contributed by atoms with E-state index in [4.69, 9.17) is 11.6 Å². The van der Waals surface area contributed by atoms with Gasteiger partial charge < -0.3 is 10.2 Å². The number of hydrogen-bond donors (Lipinski definition) is 1. The molecule has 5 heteroatoms. The lowest BCUT2D eigenvalue weighted by atomic mass is 9.92. The zero-order chi connectivity index (χ0) is 21.7. The van der Waals surface area contributed by atoms with Gasteiger partial charge in [0.2, 0.25) is 11.8 Å². The fourth-order valence-corrected chi connectivity index (χ4v) is 4.10. The summed E-state index contributed by atoms with van der Waals surface area (Å²) in [4.78, 5) is 27.4. The van der Waals surface area contributed by atoms with Crippen LogP contribution in [0.25, 0.3) is 0 Å². The molecule has 0 radical (unpaired) electrons. The van der Waals surface area contributed by atoms with Crippen molar-refractivity contribution < 1.29 is 9.59 Å². The van der Waals surface area contributed by atoms with Gasteiger partial charge in [0.15, 0.2) is 0 Å². The molecule has 30 heavy (non-hydrogen) atoms. The molecule has 2 aromatic carbocycles. The van der Waals surface area contributed by atoms with E-state index in [1.165, 1.54) is 5.56 Å². The van der Waals surface area contributed by atoms with Crippen LogP contribution < -0.4 is 5.32 Å². The van der Waals surface area contributed by atoms with Gasteiger partial charge in [-0.1, -0.05) is 49.7 Å². The van der Waals surface area contributed by atoms with E-state index >= 15 is 0 Å². The second kappa shape index (κ2) is 10.1. The first-order chi connectivity index (χ1) is 14.3. The van der Waals surface area contributed by atoms with Crippen molar-refractivity contribution in [2.75, 3.05) is 18.4 Å². The van der Waals surface area contributed by atoms with Crippen LogP contribution in [-0.4, -0.2) is 29.8 Å². The van der Waals surface area contributed by atoms with Crippen LogP contribution >= 0.6 is 11.6 Å². The lowest BCUT2D eigenvalue weighted by Crippen LogP contribution is -2.43. The Balaban J connectivity index is 1.51. The first-order valence-corrected chi connectivity index (χ1v) is 11.2. The Morgan fingerprint density at radius 3 is 2.17 bits per heavy atom. The molecule has 1 heterocycles. The Bertz CT molecular complexity index is 854. The van der Waals surface area contributed by atoms with Gasteiger partial charge >= 0.3 is 0 Å². The number of benzene rings is 2. The molecule has 160 valence electrons. The Kier molecular flexibility index (Phi) is 7.54. The molecule has 0 aliphatic carbocycles.